The highest BCUT2D eigenvalue weighted by atomic mass is 19.2. The van der Waals surface area contributed by atoms with E-state index in [-0.39, 0.29) is 24.0 Å². The highest BCUT2D eigenvalue weighted by Gasteiger charge is 2.24. The van der Waals surface area contributed by atoms with Gasteiger partial charge in [-0.05, 0) is 31.9 Å². The zero-order chi connectivity index (χ0) is 15.9. The smallest absolute Gasteiger partial charge is 0.227 e. The van der Waals surface area contributed by atoms with Crippen molar-refractivity contribution in [1.29, 1.82) is 0 Å². The summed E-state index contributed by atoms with van der Waals surface area (Å²) in [6.07, 6.45) is 2.41. The van der Waals surface area contributed by atoms with Crippen molar-refractivity contribution in [2.45, 2.75) is 31.8 Å². The predicted octanol–water partition coefficient (Wildman–Crippen LogP) is 1.86. The molecule has 0 radical (unpaired) electrons. The summed E-state index contributed by atoms with van der Waals surface area (Å²) in [5.74, 6) is -2.03. The maximum Gasteiger partial charge on any atom is 0.227 e. The number of benzene rings is 1. The maximum atomic E-state index is 13.6. The second-order valence-corrected chi connectivity index (χ2v) is 5.48. The van der Waals surface area contributed by atoms with Gasteiger partial charge in [0.05, 0.1) is 12.5 Å². The molecule has 1 amide bonds. The molecule has 2 N–H and O–H groups in total. The van der Waals surface area contributed by atoms with E-state index in [1.54, 1.807) is 4.90 Å². The first kappa shape index (κ1) is 16.8. The van der Waals surface area contributed by atoms with Gasteiger partial charge in [-0.2, -0.15) is 0 Å². The first-order valence-electron chi connectivity index (χ1n) is 7.64. The minimum atomic E-state index is -0.934. The summed E-state index contributed by atoms with van der Waals surface area (Å²) in [4.78, 5) is 13.9. The Morgan fingerprint density at radius 3 is 2.73 bits per heavy atom. The van der Waals surface area contributed by atoms with Gasteiger partial charge in [-0.25, -0.2) is 8.78 Å². The average molecular weight is 312 g/mol. The van der Waals surface area contributed by atoms with Gasteiger partial charge in [0.2, 0.25) is 5.91 Å². The quantitative estimate of drug-likeness (QED) is 0.816. The molecule has 0 bridgehead atoms. The van der Waals surface area contributed by atoms with Crippen LogP contribution >= 0.6 is 0 Å². The number of hydrogen-bond donors (Lipinski definition) is 1. The topological polar surface area (TPSA) is 55.6 Å². The third-order valence-corrected chi connectivity index (χ3v) is 3.87. The zero-order valence-electron chi connectivity index (χ0n) is 12.6. The van der Waals surface area contributed by atoms with E-state index in [1.807, 2.05) is 0 Å². The molecule has 1 aliphatic rings. The molecule has 0 atom stereocenters. The number of rotatable bonds is 6. The number of nitrogens with two attached hydrogens (primary N) is 1. The summed E-state index contributed by atoms with van der Waals surface area (Å²) in [5.41, 5.74) is 5.51. The molecule has 1 heterocycles. The third kappa shape index (κ3) is 4.48. The van der Waals surface area contributed by atoms with Gasteiger partial charge in [0, 0.05) is 25.3 Å². The van der Waals surface area contributed by atoms with Gasteiger partial charge >= 0.3 is 0 Å². The molecule has 0 unspecified atom stereocenters. The van der Waals surface area contributed by atoms with Gasteiger partial charge in [-0.15, -0.1) is 0 Å². The summed E-state index contributed by atoms with van der Waals surface area (Å²) in [6.45, 7) is 2.42. The van der Waals surface area contributed by atoms with Crippen molar-refractivity contribution in [3.63, 3.8) is 0 Å². The van der Waals surface area contributed by atoms with Crippen LogP contribution < -0.4 is 5.73 Å². The monoisotopic (exact) mass is 312 g/mol. The number of likely N-dealkylation sites (tertiary alicyclic amines) is 1. The number of hydrogen-bond acceptors (Lipinski definition) is 3. The highest BCUT2D eigenvalue weighted by Crippen LogP contribution is 2.17. The molecular weight excluding hydrogens is 290 g/mol. The van der Waals surface area contributed by atoms with Gasteiger partial charge in [0.25, 0.3) is 0 Å². The number of carbonyl (C=O) groups excluding carboxylic acids is 1. The van der Waals surface area contributed by atoms with Crippen molar-refractivity contribution in [2.24, 2.45) is 5.73 Å². The molecule has 0 saturated carbocycles. The number of ether oxygens (including phenoxy) is 1. The van der Waals surface area contributed by atoms with Gasteiger partial charge in [-0.1, -0.05) is 12.1 Å². The molecule has 2 rings (SSSR count). The number of halogens is 2. The molecule has 122 valence electrons. The van der Waals surface area contributed by atoms with Crippen LogP contribution in [0.2, 0.25) is 0 Å². The predicted molar refractivity (Wildman–Crippen MR) is 79.3 cm³/mol. The lowest BCUT2D eigenvalue weighted by Gasteiger charge is -2.32. The Kier molecular flexibility index (Phi) is 6.27. The lowest BCUT2D eigenvalue weighted by molar-refractivity contribution is -0.133. The molecule has 4 nitrogen and oxygen atoms in total. The molecule has 1 aromatic carbocycles. The maximum absolute atomic E-state index is 13.6. The number of carbonyl (C=O) groups is 1. The van der Waals surface area contributed by atoms with E-state index < -0.39 is 11.6 Å². The first-order valence-corrected chi connectivity index (χ1v) is 7.64. The van der Waals surface area contributed by atoms with E-state index in [0.29, 0.717) is 26.2 Å². The standard InChI is InChI=1S/C16H22F2N2O2/c17-14-4-1-3-12(16(14)18)11-15(21)20-8-5-13(6-9-20)22-10-2-7-19/h1,3-4,13H,2,5-11,19H2. The molecule has 0 spiro atoms. The second-order valence-electron chi connectivity index (χ2n) is 5.48. The van der Waals surface area contributed by atoms with Crippen molar-refractivity contribution in [3.8, 4) is 0 Å². The zero-order valence-corrected chi connectivity index (χ0v) is 12.6. The Bertz CT molecular complexity index is 503. The van der Waals surface area contributed by atoms with E-state index in [2.05, 4.69) is 0 Å². The first-order chi connectivity index (χ1) is 10.6. The Labute approximate surface area is 129 Å². The van der Waals surface area contributed by atoms with Gasteiger partial charge in [-0.3, -0.25) is 4.79 Å². The molecule has 0 aliphatic carbocycles. The van der Waals surface area contributed by atoms with Crippen molar-refractivity contribution in [1.82, 2.24) is 4.90 Å². The lowest BCUT2D eigenvalue weighted by atomic mass is 10.1. The van der Waals surface area contributed by atoms with Crippen LogP contribution in [0.25, 0.3) is 0 Å². The van der Waals surface area contributed by atoms with E-state index in [4.69, 9.17) is 10.5 Å². The van der Waals surface area contributed by atoms with Crippen LogP contribution in [0.1, 0.15) is 24.8 Å². The lowest BCUT2D eigenvalue weighted by Crippen LogP contribution is -2.41. The highest BCUT2D eigenvalue weighted by molar-refractivity contribution is 5.78. The average Bonchev–Trinajstić information content (AvgIpc) is 2.53. The molecule has 1 aromatic rings. The number of nitrogens with zero attached hydrogens (tertiary/aromatic N) is 1. The van der Waals surface area contributed by atoms with E-state index in [1.165, 1.54) is 12.1 Å². The van der Waals surface area contributed by atoms with E-state index in [0.717, 1.165) is 25.3 Å². The molecule has 1 aliphatic heterocycles. The van der Waals surface area contributed by atoms with Crippen molar-refractivity contribution >= 4 is 5.91 Å². The Morgan fingerprint density at radius 1 is 1.32 bits per heavy atom. The molecule has 1 saturated heterocycles. The van der Waals surface area contributed by atoms with Gasteiger partial charge in [0.15, 0.2) is 11.6 Å². The summed E-state index contributed by atoms with van der Waals surface area (Å²) < 4.78 is 32.4. The summed E-state index contributed by atoms with van der Waals surface area (Å²) in [5, 5.41) is 0. The Morgan fingerprint density at radius 2 is 2.05 bits per heavy atom. The minimum absolute atomic E-state index is 0.103. The normalized spacial score (nSPS) is 16.0. The summed E-state index contributed by atoms with van der Waals surface area (Å²) in [6, 6.07) is 3.91. The van der Waals surface area contributed by atoms with Crippen LogP contribution in [-0.2, 0) is 16.0 Å². The van der Waals surface area contributed by atoms with Crippen LogP contribution in [0.5, 0.6) is 0 Å². The van der Waals surface area contributed by atoms with Crippen LogP contribution in [-0.4, -0.2) is 43.2 Å². The van der Waals surface area contributed by atoms with E-state index in [9.17, 15) is 13.6 Å². The van der Waals surface area contributed by atoms with Crippen LogP contribution in [0.3, 0.4) is 0 Å². The van der Waals surface area contributed by atoms with E-state index >= 15 is 0 Å². The fraction of sp³-hybridized carbons (Fsp3) is 0.562. The van der Waals surface area contributed by atoms with Crippen LogP contribution in [0, 0.1) is 11.6 Å². The van der Waals surface area contributed by atoms with Crippen molar-refractivity contribution in [3.05, 3.63) is 35.4 Å². The largest absolute Gasteiger partial charge is 0.378 e. The van der Waals surface area contributed by atoms with Gasteiger partial charge < -0.3 is 15.4 Å². The second kappa shape index (κ2) is 8.19. The molecule has 1 fully saturated rings. The van der Waals surface area contributed by atoms with Gasteiger partial charge in [0.1, 0.15) is 0 Å². The number of amides is 1. The third-order valence-electron chi connectivity index (χ3n) is 3.87. The fourth-order valence-corrected chi connectivity index (χ4v) is 2.56. The Hall–Kier alpha value is -1.53. The number of piperidine rings is 1. The van der Waals surface area contributed by atoms with Crippen LogP contribution in [0.15, 0.2) is 18.2 Å². The Balaban J connectivity index is 1.81. The van der Waals surface area contributed by atoms with Crippen molar-refractivity contribution in [2.75, 3.05) is 26.2 Å². The van der Waals surface area contributed by atoms with Crippen LogP contribution in [0.4, 0.5) is 8.78 Å². The fourth-order valence-electron chi connectivity index (χ4n) is 2.56. The summed E-state index contributed by atoms with van der Waals surface area (Å²) >= 11 is 0. The molecule has 22 heavy (non-hydrogen) atoms. The summed E-state index contributed by atoms with van der Waals surface area (Å²) in [7, 11) is 0. The minimum Gasteiger partial charge on any atom is -0.378 e. The van der Waals surface area contributed by atoms with Crippen molar-refractivity contribution < 1.29 is 18.3 Å². The molecule has 6 heteroatoms. The SMILES string of the molecule is NCCCOC1CCN(C(=O)Cc2cccc(F)c2F)CC1. The molecule has 0 aromatic heterocycles. The molecular formula is C16H22F2N2O2.